The van der Waals surface area contributed by atoms with Gasteiger partial charge in [0.25, 0.3) is 0 Å². The zero-order chi connectivity index (χ0) is 19.0. The zero-order valence-corrected chi connectivity index (χ0v) is 15.7. The summed E-state index contributed by atoms with van der Waals surface area (Å²) < 4.78 is 30.3. The molecular formula is C18H24N4O3S. The van der Waals surface area contributed by atoms with Crippen LogP contribution < -0.4 is 20.5 Å². The van der Waals surface area contributed by atoms with E-state index >= 15 is 0 Å². The molecule has 4 N–H and O–H groups in total. The van der Waals surface area contributed by atoms with Crippen molar-refractivity contribution >= 4 is 27.4 Å². The fourth-order valence-electron chi connectivity index (χ4n) is 2.22. The van der Waals surface area contributed by atoms with Gasteiger partial charge in [0.15, 0.2) is 5.96 Å². The number of guanidine groups is 1. The summed E-state index contributed by atoms with van der Waals surface area (Å²) in [6, 6.07) is 14.6. The molecule has 0 aliphatic carbocycles. The lowest BCUT2D eigenvalue weighted by molar-refractivity contribution is 0.329. The van der Waals surface area contributed by atoms with Gasteiger partial charge < -0.3 is 15.8 Å². The second-order valence-electron chi connectivity index (χ2n) is 5.69. The van der Waals surface area contributed by atoms with Crippen LogP contribution >= 0.6 is 0 Å². The molecule has 0 atom stereocenters. The number of ether oxygens (including phenoxy) is 1. The van der Waals surface area contributed by atoms with Crippen molar-refractivity contribution in [3.63, 3.8) is 0 Å². The smallest absolute Gasteiger partial charge is 0.229 e. The molecule has 2 aromatic carbocycles. The third-order valence-electron chi connectivity index (χ3n) is 3.41. The molecule has 0 aliphatic rings. The summed E-state index contributed by atoms with van der Waals surface area (Å²) in [7, 11) is -3.28. The van der Waals surface area contributed by atoms with Crippen molar-refractivity contribution in [1.29, 1.82) is 0 Å². The molecule has 140 valence electrons. The Morgan fingerprint density at radius 2 is 1.88 bits per heavy atom. The fraction of sp³-hybridized carbons (Fsp3) is 0.278. The van der Waals surface area contributed by atoms with Gasteiger partial charge in [0, 0.05) is 11.4 Å². The third-order valence-corrected chi connectivity index (χ3v) is 4.01. The van der Waals surface area contributed by atoms with Crippen LogP contribution in [0.25, 0.3) is 0 Å². The van der Waals surface area contributed by atoms with Crippen molar-refractivity contribution in [3.8, 4) is 5.75 Å². The van der Waals surface area contributed by atoms with Gasteiger partial charge in [-0.15, -0.1) is 0 Å². The summed E-state index contributed by atoms with van der Waals surface area (Å²) in [6.45, 7) is 2.85. The van der Waals surface area contributed by atoms with E-state index in [0.29, 0.717) is 30.5 Å². The minimum absolute atomic E-state index is 0.328. The van der Waals surface area contributed by atoms with Crippen LogP contribution in [0.4, 0.5) is 11.4 Å². The van der Waals surface area contributed by atoms with E-state index in [1.165, 1.54) is 5.56 Å². The molecule has 0 aliphatic heterocycles. The van der Waals surface area contributed by atoms with Gasteiger partial charge in [-0.2, -0.15) is 0 Å². The van der Waals surface area contributed by atoms with E-state index in [1.807, 2.05) is 18.2 Å². The van der Waals surface area contributed by atoms with E-state index in [0.717, 1.165) is 18.4 Å². The Bertz CT molecular complexity index is 849. The Hall–Kier alpha value is -2.74. The molecule has 0 saturated carbocycles. The van der Waals surface area contributed by atoms with Crippen LogP contribution in [0.15, 0.2) is 53.5 Å². The summed E-state index contributed by atoms with van der Waals surface area (Å²) >= 11 is 0. The van der Waals surface area contributed by atoms with Gasteiger partial charge in [-0.1, -0.05) is 19.1 Å². The topological polar surface area (TPSA) is 106 Å². The zero-order valence-electron chi connectivity index (χ0n) is 14.9. The summed E-state index contributed by atoms with van der Waals surface area (Å²) in [5.41, 5.74) is 8.49. The third kappa shape index (κ3) is 7.02. The van der Waals surface area contributed by atoms with Gasteiger partial charge in [0.1, 0.15) is 12.4 Å². The molecule has 0 aromatic heterocycles. The van der Waals surface area contributed by atoms with Crippen molar-refractivity contribution in [2.75, 3.05) is 29.4 Å². The number of hydrogen-bond donors (Lipinski definition) is 3. The maximum atomic E-state index is 11.2. The quantitative estimate of drug-likeness (QED) is 0.373. The first kappa shape index (κ1) is 19.6. The molecule has 26 heavy (non-hydrogen) atoms. The maximum Gasteiger partial charge on any atom is 0.229 e. The van der Waals surface area contributed by atoms with Gasteiger partial charge in [0.05, 0.1) is 12.8 Å². The molecule has 0 spiro atoms. The first-order valence-corrected chi connectivity index (χ1v) is 10.1. The van der Waals surface area contributed by atoms with Crippen LogP contribution in [0.2, 0.25) is 0 Å². The van der Waals surface area contributed by atoms with Gasteiger partial charge in [-0.3, -0.25) is 4.72 Å². The Balaban J connectivity index is 1.79. The number of benzene rings is 2. The summed E-state index contributed by atoms with van der Waals surface area (Å²) in [4.78, 5) is 4.22. The van der Waals surface area contributed by atoms with E-state index in [4.69, 9.17) is 10.5 Å². The largest absolute Gasteiger partial charge is 0.492 e. The summed E-state index contributed by atoms with van der Waals surface area (Å²) in [5.74, 6) is 0.955. The highest BCUT2D eigenvalue weighted by molar-refractivity contribution is 7.92. The van der Waals surface area contributed by atoms with E-state index in [1.54, 1.807) is 24.3 Å². The van der Waals surface area contributed by atoms with Gasteiger partial charge >= 0.3 is 0 Å². The van der Waals surface area contributed by atoms with Crippen molar-refractivity contribution in [3.05, 3.63) is 54.1 Å². The molecule has 7 nitrogen and oxygen atoms in total. The van der Waals surface area contributed by atoms with Crippen molar-refractivity contribution in [2.45, 2.75) is 13.3 Å². The lowest BCUT2D eigenvalue weighted by Gasteiger charge is -2.08. The van der Waals surface area contributed by atoms with Gasteiger partial charge in [-0.25, -0.2) is 13.4 Å². The van der Waals surface area contributed by atoms with Crippen LogP contribution in [-0.2, 0) is 16.4 Å². The SMILES string of the molecule is CCc1cccc(NC(N)=NCCOc2ccc(NS(C)(=O)=O)cc2)c1. The molecular weight excluding hydrogens is 352 g/mol. The Morgan fingerprint density at radius 1 is 1.15 bits per heavy atom. The lowest BCUT2D eigenvalue weighted by Crippen LogP contribution is -2.23. The van der Waals surface area contributed by atoms with Gasteiger partial charge in [-0.05, 0) is 48.4 Å². The normalized spacial score (nSPS) is 11.8. The Labute approximate surface area is 154 Å². The number of aryl methyl sites for hydroxylation is 1. The predicted octanol–water partition coefficient (Wildman–Crippen LogP) is 2.43. The minimum Gasteiger partial charge on any atom is -0.492 e. The second-order valence-corrected chi connectivity index (χ2v) is 7.44. The molecule has 0 heterocycles. The number of aliphatic imine (C=N–C) groups is 1. The van der Waals surface area contributed by atoms with Crippen LogP contribution in [0.3, 0.4) is 0 Å². The maximum absolute atomic E-state index is 11.2. The minimum atomic E-state index is -3.28. The molecule has 0 amide bonds. The molecule has 0 unspecified atom stereocenters. The first-order chi connectivity index (χ1) is 12.4. The number of hydrogen-bond acceptors (Lipinski definition) is 4. The van der Waals surface area contributed by atoms with Crippen LogP contribution in [-0.4, -0.2) is 33.8 Å². The number of nitrogens with one attached hydrogen (secondary N) is 2. The van der Waals surface area contributed by atoms with Crippen molar-refractivity contribution in [2.24, 2.45) is 10.7 Å². The molecule has 2 rings (SSSR count). The van der Waals surface area contributed by atoms with E-state index < -0.39 is 10.0 Å². The van der Waals surface area contributed by atoms with E-state index in [-0.39, 0.29) is 0 Å². The lowest BCUT2D eigenvalue weighted by atomic mass is 10.1. The molecule has 8 heteroatoms. The highest BCUT2D eigenvalue weighted by Gasteiger charge is 2.02. The summed E-state index contributed by atoms with van der Waals surface area (Å²) in [5, 5.41) is 3.05. The Kier molecular flexibility index (Phi) is 6.85. The molecule has 0 saturated heterocycles. The molecule has 0 radical (unpaired) electrons. The van der Waals surface area contributed by atoms with Crippen LogP contribution in [0.5, 0.6) is 5.75 Å². The monoisotopic (exact) mass is 376 g/mol. The average Bonchev–Trinajstić information content (AvgIpc) is 2.59. The summed E-state index contributed by atoms with van der Waals surface area (Å²) in [6.07, 6.45) is 2.06. The molecule has 2 aromatic rings. The highest BCUT2D eigenvalue weighted by Crippen LogP contribution is 2.16. The second kappa shape index (κ2) is 9.10. The number of nitrogens with two attached hydrogens (primary N) is 1. The van der Waals surface area contributed by atoms with Crippen molar-refractivity contribution in [1.82, 2.24) is 0 Å². The number of sulfonamides is 1. The standard InChI is InChI=1S/C18H24N4O3S/c1-3-14-5-4-6-16(13-14)21-18(19)20-11-12-25-17-9-7-15(8-10-17)22-26(2,23)24/h4-10,13,22H,3,11-12H2,1-2H3,(H3,19,20,21). The number of anilines is 2. The van der Waals surface area contributed by atoms with Gasteiger partial charge in [0.2, 0.25) is 10.0 Å². The van der Waals surface area contributed by atoms with E-state index in [9.17, 15) is 8.42 Å². The van der Waals surface area contributed by atoms with Crippen LogP contribution in [0, 0.1) is 0 Å². The highest BCUT2D eigenvalue weighted by atomic mass is 32.2. The van der Waals surface area contributed by atoms with Crippen LogP contribution in [0.1, 0.15) is 12.5 Å². The molecule has 0 fully saturated rings. The molecule has 0 bridgehead atoms. The predicted molar refractivity (Wildman–Crippen MR) is 106 cm³/mol. The van der Waals surface area contributed by atoms with E-state index in [2.05, 4.69) is 28.0 Å². The number of rotatable bonds is 8. The fourth-order valence-corrected chi connectivity index (χ4v) is 2.78. The first-order valence-electron chi connectivity index (χ1n) is 8.22. The number of nitrogens with zero attached hydrogens (tertiary/aromatic N) is 1. The Morgan fingerprint density at radius 3 is 2.54 bits per heavy atom. The average molecular weight is 376 g/mol. The van der Waals surface area contributed by atoms with Crippen molar-refractivity contribution < 1.29 is 13.2 Å².